The quantitative estimate of drug-likeness (QED) is 0.709. The molecule has 0 aliphatic carbocycles. The van der Waals surface area contributed by atoms with E-state index in [4.69, 9.17) is 4.74 Å². The Morgan fingerprint density at radius 3 is 2.13 bits per heavy atom. The molecule has 2 atom stereocenters. The molecule has 30 heavy (non-hydrogen) atoms. The lowest BCUT2D eigenvalue weighted by atomic mass is 10.2. The van der Waals surface area contributed by atoms with Crippen LogP contribution < -0.4 is 10.1 Å². The van der Waals surface area contributed by atoms with E-state index >= 15 is 0 Å². The maximum absolute atomic E-state index is 12.7. The zero-order valence-electron chi connectivity index (χ0n) is 17.9. The van der Waals surface area contributed by atoms with E-state index in [-0.39, 0.29) is 30.4 Å². The lowest BCUT2D eigenvalue weighted by Crippen LogP contribution is -2.58. The lowest BCUT2D eigenvalue weighted by molar-refractivity contribution is -0.140. The molecule has 8 heteroatoms. The van der Waals surface area contributed by atoms with Crippen LogP contribution in [-0.4, -0.2) is 90.4 Å². The second-order valence-electron chi connectivity index (χ2n) is 7.96. The first-order valence-corrected chi connectivity index (χ1v) is 10.7. The molecule has 0 radical (unpaired) electrons. The monoisotopic (exact) mass is 416 g/mol. The fraction of sp³-hybridized carbons (Fsp3) is 0.591. The third-order valence-corrected chi connectivity index (χ3v) is 5.81. The van der Waals surface area contributed by atoms with Crippen LogP contribution in [0.2, 0.25) is 0 Å². The molecule has 1 aromatic rings. The molecule has 2 saturated heterocycles. The number of nitrogens with one attached hydrogen (secondary N) is 1. The van der Waals surface area contributed by atoms with Crippen molar-refractivity contribution in [2.24, 2.45) is 0 Å². The van der Waals surface area contributed by atoms with Gasteiger partial charge in [0.05, 0.1) is 6.04 Å². The average molecular weight is 417 g/mol. The number of para-hydroxylation sites is 1. The van der Waals surface area contributed by atoms with Crippen LogP contribution in [-0.2, 0) is 14.4 Å². The van der Waals surface area contributed by atoms with Gasteiger partial charge < -0.3 is 19.9 Å². The normalized spacial score (nSPS) is 19.3. The van der Waals surface area contributed by atoms with E-state index in [1.807, 2.05) is 30.0 Å². The number of carbonyl (C=O) groups is 3. The van der Waals surface area contributed by atoms with Crippen LogP contribution in [0.15, 0.2) is 30.3 Å². The molecule has 2 fully saturated rings. The SMILES string of the molecule is C[C@H](NC(=O)COc1ccccc1)C(=O)N1CCN([C@@H](C)C(=O)N2CCCC2)CC1. The van der Waals surface area contributed by atoms with E-state index in [2.05, 4.69) is 10.2 Å². The molecule has 164 valence electrons. The maximum Gasteiger partial charge on any atom is 0.258 e. The van der Waals surface area contributed by atoms with Crippen molar-refractivity contribution in [2.45, 2.75) is 38.8 Å². The number of likely N-dealkylation sites (tertiary alicyclic amines) is 1. The molecule has 2 heterocycles. The zero-order valence-corrected chi connectivity index (χ0v) is 17.9. The predicted octanol–water partition coefficient (Wildman–Crippen LogP) is 0.725. The summed E-state index contributed by atoms with van der Waals surface area (Å²) in [5, 5.41) is 2.71. The Kier molecular flexibility index (Phi) is 7.68. The Hall–Kier alpha value is -2.61. The van der Waals surface area contributed by atoms with Crippen molar-refractivity contribution in [3.05, 3.63) is 30.3 Å². The average Bonchev–Trinajstić information content (AvgIpc) is 3.32. The number of piperazine rings is 1. The van der Waals surface area contributed by atoms with Gasteiger partial charge in [-0.15, -0.1) is 0 Å². The maximum atomic E-state index is 12.7. The largest absolute Gasteiger partial charge is 0.484 e. The van der Waals surface area contributed by atoms with Gasteiger partial charge in [-0.3, -0.25) is 19.3 Å². The van der Waals surface area contributed by atoms with Gasteiger partial charge in [0, 0.05) is 39.3 Å². The highest BCUT2D eigenvalue weighted by Gasteiger charge is 2.32. The first-order chi connectivity index (χ1) is 14.5. The molecule has 0 unspecified atom stereocenters. The number of nitrogens with zero attached hydrogens (tertiary/aromatic N) is 3. The van der Waals surface area contributed by atoms with Crippen LogP contribution in [0.3, 0.4) is 0 Å². The summed E-state index contributed by atoms with van der Waals surface area (Å²) in [4.78, 5) is 43.2. The Labute approximate surface area is 178 Å². The van der Waals surface area contributed by atoms with Gasteiger partial charge in [-0.25, -0.2) is 0 Å². The number of rotatable bonds is 7. The van der Waals surface area contributed by atoms with E-state index in [1.165, 1.54) is 0 Å². The van der Waals surface area contributed by atoms with Crippen molar-refractivity contribution >= 4 is 17.7 Å². The van der Waals surface area contributed by atoms with E-state index in [0.717, 1.165) is 25.9 Å². The molecule has 3 amide bonds. The minimum absolute atomic E-state index is 0.110. The van der Waals surface area contributed by atoms with Gasteiger partial charge in [-0.05, 0) is 38.8 Å². The summed E-state index contributed by atoms with van der Waals surface area (Å²) in [6.07, 6.45) is 2.17. The smallest absolute Gasteiger partial charge is 0.258 e. The standard InChI is InChI=1S/C22H32N4O4/c1-17(23-20(27)16-30-19-8-4-3-5-9-19)21(28)26-14-12-24(13-15-26)18(2)22(29)25-10-6-7-11-25/h3-5,8-9,17-18H,6-7,10-16H2,1-2H3,(H,23,27)/t17-,18-/m0/s1. The molecule has 1 N–H and O–H groups in total. The molecule has 2 aliphatic rings. The van der Waals surface area contributed by atoms with Gasteiger partial charge in [0.1, 0.15) is 11.8 Å². The van der Waals surface area contributed by atoms with Crippen LogP contribution in [0.4, 0.5) is 0 Å². The van der Waals surface area contributed by atoms with Gasteiger partial charge >= 0.3 is 0 Å². The minimum Gasteiger partial charge on any atom is -0.484 e. The summed E-state index contributed by atoms with van der Waals surface area (Å²) in [6, 6.07) is 8.31. The van der Waals surface area contributed by atoms with Gasteiger partial charge in [0.15, 0.2) is 6.61 Å². The molecule has 0 saturated carbocycles. The van der Waals surface area contributed by atoms with Gasteiger partial charge in [-0.2, -0.15) is 0 Å². The lowest BCUT2D eigenvalue weighted by Gasteiger charge is -2.39. The summed E-state index contributed by atoms with van der Waals surface area (Å²) in [6.45, 7) is 7.64. The highest BCUT2D eigenvalue weighted by molar-refractivity contribution is 5.88. The van der Waals surface area contributed by atoms with E-state index in [9.17, 15) is 14.4 Å². The fourth-order valence-corrected chi connectivity index (χ4v) is 3.97. The van der Waals surface area contributed by atoms with Crippen molar-refractivity contribution in [2.75, 3.05) is 45.9 Å². The third kappa shape index (κ3) is 5.72. The van der Waals surface area contributed by atoms with Crippen LogP contribution in [0.1, 0.15) is 26.7 Å². The van der Waals surface area contributed by atoms with Crippen LogP contribution in [0, 0.1) is 0 Å². The number of amides is 3. The Bertz CT molecular complexity index is 728. The number of benzene rings is 1. The van der Waals surface area contributed by atoms with E-state index < -0.39 is 6.04 Å². The van der Waals surface area contributed by atoms with Crippen molar-refractivity contribution in [1.82, 2.24) is 20.0 Å². The van der Waals surface area contributed by atoms with Gasteiger partial charge in [-0.1, -0.05) is 18.2 Å². The number of carbonyl (C=O) groups excluding carboxylic acids is 3. The van der Waals surface area contributed by atoms with Crippen molar-refractivity contribution < 1.29 is 19.1 Å². The highest BCUT2D eigenvalue weighted by Crippen LogP contribution is 2.14. The topological polar surface area (TPSA) is 82.2 Å². The third-order valence-electron chi connectivity index (χ3n) is 5.81. The summed E-state index contributed by atoms with van der Waals surface area (Å²) >= 11 is 0. The summed E-state index contributed by atoms with van der Waals surface area (Å²) < 4.78 is 5.42. The van der Waals surface area contributed by atoms with Crippen molar-refractivity contribution in [3.8, 4) is 5.75 Å². The number of hydrogen-bond acceptors (Lipinski definition) is 5. The molecule has 0 bridgehead atoms. The molecule has 3 rings (SSSR count). The Balaban J connectivity index is 1.40. The molecule has 0 aromatic heterocycles. The number of ether oxygens (including phenoxy) is 1. The molecular formula is C22H32N4O4. The Morgan fingerprint density at radius 1 is 0.900 bits per heavy atom. The molecule has 8 nitrogen and oxygen atoms in total. The second kappa shape index (κ2) is 10.4. The summed E-state index contributed by atoms with van der Waals surface area (Å²) in [7, 11) is 0. The first-order valence-electron chi connectivity index (χ1n) is 10.7. The molecule has 0 spiro atoms. The van der Waals surface area contributed by atoms with Crippen molar-refractivity contribution in [3.63, 3.8) is 0 Å². The molecule has 2 aliphatic heterocycles. The van der Waals surface area contributed by atoms with Crippen LogP contribution in [0.5, 0.6) is 5.75 Å². The predicted molar refractivity (Wildman–Crippen MR) is 113 cm³/mol. The second-order valence-corrected chi connectivity index (χ2v) is 7.96. The molecular weight excluding hydrogens is 384 g/mol. The summed E-state index contributed by atoms with van der Waals surface area (Å²) in [5.41, 5.74) is 0. The highest BCUT2D eigenvalue weighted by atomic mass is 16.5. The fourth-order valence-electron chi connectivity index (χ4n) is 3.97. The minimum atomic E-state index is -0.618. The summed E-state index contributed by atoms with van der Waals surface area (Å²) in [5.74, 6) is 0.357. The van der Waals surface area contributed by atoms with Gasteiger partial charge in [0.25, 0.3) is 5.91 Å². The van der Waals surface area contributed by atoms with Crippen LogP contribution >= 0.6 is 0 Å². The first kappa shape index (κ1) is 22.1. The Morgan fingerprint density at radius 2 is 1.50 bits per heavy atom. The van der Waals surface area contributed by atoms with E-state index in [0.29, 0.717) is 31.9 Å². The molecule has 1 aromatic carbocycles. The van der Waals surface area contributed by atoms with Gasteiger partial charge in [0.2, 0.25) is 11.8 Å². The van der Waals surface area contributed by atoms with Crippen molar-refractivity contribution in [1.29, 1.82) is 0 Å². The zero-order chi connectivity index (χ0) is 21.5. The van der Waals surface area contributed by atoms with Crippen LogP contribution in [0.25, 0.3) is 0 Å². The number of hydrogen-bond donors (Lipinski definition) is 1. The van der Waals surface area contributed by atoms with E-state index in [1.54, 1.807) is 24.0 Å².